The van der Waals surface area contributed by atoms with Gasteiger partial charge in [0.2, 0.25) is 0 Å². The van der Waals surface area contributed by atoms with E-state index in [9.17, 15) is 4.79 Å². The second kappa shape index (κ2) is 7.56. The number of hydrogen-bond acceptors (Lipinski definition) is 4. The third-order valence-electron chi connectivity index (χ3n) is 4.67. The van der Waals surface area contributed by atoms with E-state index < -0.39 is 0 Å². The van der Waals surface area contributed by atoms with Gasteiger partial charge in [-0.3, -0.25) is 0 Å². The summed E-state index contributed by atoms with van der Waals surface area (Å²) in [4.78, 5) is 11.9. The molecule has 0 radical (unpaired) electrons. The maximum atomic E-state index is 11.9. The number of carbonyl (C=O) groups is 1. The first-order valence-corrected chi connectivity index (χ1v) is 9.25. The molecule has 2 N–H and O–H groups in total. The van der Waals surface area contributed by atoms with Gasteiger partial charge in [-0.1, -0.05) is 24.3 Å². The van der Waals surface area contributed by atoms with Gasteiger partial charge in [-0.05, 0) is 56.8 Å². The minimum Gasteiger partial charge on any atom is -0.487 e. The number of carbonyl (C=O) groups excluding carboxylic acids is 1. The molecule has 0 saturated heterocycles. The van der Waals surface area contributed by atoms with Crippen LogP contribution in [0.5, 0.6) is 5.75 Å². The summed E-state index contributed by atoms with van der Waals surface area (Å²) in [5.41, 5.74) is 2.88. The summed E-state index contributed by atoms with van der Waals surface area (Å²) in [6, 6.07) is 13.5. The first kappa shape index (κ1) is 19.2. The molecule has 0 unspecified atom stereocenters. The van der Waals surface area contributed by atoms with Crippen molar-refractivity contribution in [3.05, 3.63) is 59.2 Å². The fourth-order valence-electron chi connectivity index (χ4n) is 3.35. The molecule has 2 aromatic rings. The molecule has 142 valence electrons. The minimum absolute atomic E-state index is 0.0362. The van der Waals surface area contributed by atoms with Crippen LogP contribution in [0.3, 0.4) is 0 Å². The summed E-state index contributed by atoms with van der Waals surface area (Å²) in [5.74, 6) is 0.507. The molecular formula is C21H24N2O3S. The average Bonchev–Trinajstić information content (AvgIpc) is 2.62. The first-order valence-electron chi connectivity index (χ1n) is 8.84. The first-order chi connectivity index (χ1) is 12.8. The summed E-state index contributed by atoms with van der Waals surface area (Å²) in [5, 5.41) is 7.10. The number of anilines is 1. The van der Waals surface area contributed by atoms with Crippen LogP contribution in [0, 0.1) is 6.92 Å². The molecule has 5 nitrogen and oxygen atoms in total. The third kappa shape index (κ3) is 4.22. The Kier molecular flexibility index (Phi) is 5.37. The fraction of sp³-hybridized carbons (Fsp3) is 0.333. The zero-order valence-electron chi connectivity index (χ0n) is 16.0. The Morgan fingerprint density at radius 3 is 2.70 bits per heavy atom. The number of methoxy groups -OCH3 is 1. The number of rotatable bonds is 3. The van der Waals surface area contributed by atoms with E-state index in [1.807, 2.05) is 37.3 Å². The van der Waals surface area contributed by atoms with Crippen LogP contribution in [0.2, 0.25) is 0 Å². The molecule has 0 aliphatic carbocycles. The Morgan fingerprint density at radius 2 is 1.96 bits per heavy atom. The summed E-state index contributed by atoms with van der Waals surface area (Å²) in [7, 11) is 1.37. The number of nitrogens with one attached hydrogen (secondary N) is 2. The highest BCUT2D eigenvalue weighted by Crippen LogP contribution is 2.39. The number of para-hydroxylation sites is 1. The van der Waals surface area contributed by atoms with E-state index in [2.05, 4.69) is 24.5 Å². The van der Waals surface area contributed by atoms with Crippen LogP contribution in [-0.2, 0) is 4.74 Å². The number of fused-ring (bicyclic) bond motifs is 1. The third-order valence-corrected chi connectivity index (χ3v) is 4.89. The molecule has 0 spiro atoms. The highest BCUT2D eigenvalue weighted by molar-refractivity contribution is 7.80. The van der Waals surface area contributed by atoms with Crippen molar-refractivity contribution in [1.82, 2.24) is 5.32 Å². The van der Waals surface area contributed by atoms with Crippen molar-refractivity contribution in [2.24, 2.45) is 0 Å². The molecule has 0 bridgehead atoms. The van der Waals surface area contributed by atoms with Gasteiger partial charge in [0, 0.05) is 17.7 Å². The summed E-state index contributed by atoms with van der Waals surface area (Å²) < 4.78 is 10.9. The lowest BCUT2D eigenvalue weighted by molar-refractivity contribution is 0.0599. The van der Waals surface area contributed by atoms with E-state index in [0.29, 0.717) is 10.7 Å². The van der Waals surface area contributed by atoms with Gasteiger partial charge in [0.1, 0.15) is 11.4 Å². The van der Waals surface area contributed by atoms with Gasteiger partial charge in [-0.15, -0.1) is 0 Å². The van der Waals surface area contributed by atoms with Crippen LogP contribution >= 0.6 is 12.2 Å². The predicted molar refractivity (Wildman–Crippen MR) is 110 cm³/mol. The summed E-state index contributed by atoms with van der Waals surface area (Å²) in [6.07, 6.45) is 0.785. The lowest BCUT2D eigenvalue weighted by Gasteiger charge is -2.38. The average molecular weight is 385 g/mol. The largest absolute Gasteiger partial charge is 0.487 e. The lowest BCUT2D eigenvalue weighted by atomic mass is 9.90. The Labute approximate surface area is 165 Å². The van der Waals surface area contributed by atoms with Gasteiger partial charge in [0.05, 0.1) is 18.7 Å². The zero-order valence-corrected chi connectivity index (χ0v) is 16.8. The minimum atomic E-state index is -0.366. The van der Waals surface area contributed by atoms with E-state index in [0.717, 1.165) is 29.0 Å². The zero-order chi connectivity index (χ0) is 19.6. The van der Waals surface area contributed by atoms with Gasteiger partial charge >= 0.3 is 5.97 Å². The van der Waals surface area contributed by atoms with E-state index in [1.165, 1.54) is 7.11 Å². The van der Waals surface area contributed by atoms with Crippen molar-refractivity contribution in [1.29, 1.82) is 0 Å². The highest BCUT2D eigenvalue weighted by atomic mass is 32.1. The fourth-order valence-corrected chi connectivity index (χ4v) is 3.60. The molecular weight excluding hydrogens is 360 g/mol. The lowest BCUT2D eigenvalue weighted by Crippen LogP contribution is -2.42. The predicted octanol–water partition coefficient (Wildman–Crippen LogP) is 4.37. The van der Waals surface area contributed by atoms with Crippen molar-refractivity contribution >= 4 is 29.0 Å². The van der Waals surface area contributed by atoms with Crippen LogP contribution in [0.1, 0.15) is 47.8 Å². The molecule has 3 rings (SSSR count). The van der Waals surface area contributed by atoms with Crippen molar-refractivity contribution < 1.29 is 14.3 Å². The van der Waals surface area contributed by atoms with Crippen LogP contribution in [0.15, 0.2) is 42.5 Å². The standard InChI is InChI=1S/C21H24N2O3S/c1-13-14(19(24)25-4)9-7-10-16(13)22-20(27)23-17-12-21(2,3)26-18-11-6-5-8-15(17)18/h5-11,17H,12H2,1-4H3,(H2,22,23,27)/t17-/m1/s1. The SMILES string of the molecule is COC(=O)c1cccc(NC(=S)N[C@@H]2CC(C)(C)Oc3ccccc32)c1C. The van der Waals surface area contributed by atoms with Gasteiger partial charge in [0.25, 0.3) is 0 Å². The Hall–Kier alpha value is -2.60. The Morgan fingerprint density at radius 1 is 1.22 bits per heavy atom. The molecule has 0 aromatic heterocycles. The molecule has 1 atom stereocenters. The van der Waals surface area contributed by atoms with Crippen LogP contribution in [0.4, 0.5) is 5.69 Å². The number of benzene rings is 2. The summed E-state index contributed by atoms with van der Waals surface area (Å²) in [6.45, 7) is 6.00. The smallest absolute Gasteiger partial charge is 0.338 e. The quantitative estimate of drug-likeness (QED) is 0.605. The second-order valence-electron chi connectivity index (χ2n) is 7.22. The van der Waals surface area contributed by atoms with Gasteiger partial charge < -0.3 is 20.1 Å². The molecule has 27 heavy (non-hydrogen) atoms. The van der Waals surface area contributed by atoms with Crippen molar-refractivity contribution in [3.8, 4) is 5.75 Å². The van der Waals surface area contributed by atoms with E-state index in [4.69, 9.17) is 21.7 Å². The molecule has 0 amide bonds. The maximum absolute atomic E-state index is 11.9. The number of esters is 1. The molecule has 1 heterocycles. The van der Waals surface area contributed by atoms with Gasteiger partial charge in [-0.25, -0.2) is 4.79 Å². The molecule has 1 aliphatic heterocycles. The van der Waals surface area contributed by atoms with E-state index in [1.54, 1.807) is 12.1 Å². The molecule has 2 aromatic carbocycles. The Balaban J connectivity index is 1.78. The molecule has 1 aliphatic rings. The molecule has 6 heteroatoms. The van der Waals surface area contributed by atoms with E-state index >= 15 is 0 Å². The number of ether oxygens (including phenoxy) is 2. The molecule has 0 fully saturated rings. The number of thiocarbonyl (C=S) groups is 1. The van der Waals surface area contributed by atoms with Crippen LogP contribution in [-0.4, -0.2) is 23.8 Å². The van der Waals surface area contributed by atoms with Crippen LogP contribution < -0.4 is 15.4 Å². The van der Waals surface area contributed by atoms with Crippen molar-refractivity contribution in [2.75, 3.05) is 12.4 Å². The van der Waals surface area contributed by atoms with Gasteiger partial charge in [-0.2, -0.15) is 0 Å². The maximum Gasteiger partial charge on any atom is 0.338 e. The van der Waals surface area contributed by atoms with Crippen molar-refractivity contribution in [2.45, 2.75) is 38.8 Å². The summed E-state index contributed by atoms with van der Waals surface area (Å²) >= 11 is 5.54. The van der Waals surface area contributed by atoms with Crippen LogP contribution in [0.25, 0.3) is 0 Å². The second-order valence-corrected chi connectivity index (χ2v) is 7.63. The molecule has 0 saturated carbocycles. The monoisotopic (exact) mass is 384 g/mol. The highest BCUT2D eigenvalue weighted by Gasteiger charge is 2.33. The van der Waals surface area contributed by atoms with E-state index in [-0.39, 0.29) is 17.6 Å². The Bertz CT molecular complexity index is 879. The van der Waals surface area contributed by atoms with Gasteiger partial charge in [0.15, 0.2) is 5.11 Å². The van der Waals surface area contributed by atoms with Crippen molar-refractivity contribution in [3.63, 3.8) is 0 Å². The number of hydrogen-bond donors (Lipinski definition) is 2. The topological polar surface area (TPSA) is 59.6 Å². The normalized spacial score (nSPS) is 17.3.